The summed E-state index contributed by atoms with van der Waals surface area (Å²) in [5.41, 5.74) is 1.28. The Morgan fingerprint density at radius 2 is 2.00 bits per heavy atom. The van der Waals surface area contributed by atoms with Gasteiger partial charge in [0.25, 0.3) is 0 Å². The lowest BCUT2D eigenvalue weighted by Crippen LogP contribution is -2.37. The van der Waals surface area contributed by atoms with Gasteiger partial charge in [0, 0.05) is 30.7 Å². The Balaban J connectivity index is 1.64. The zero-order valence-electron chi connectivity index (χ0n) is 12.7. The zero-order valence-corrected chi connectivity index (χ0v) is 13.5. The fourth-order valence-corrected chi connectivity index (χ4v) is 3.16. The lowest BCUT2D eigenvalue weighted by molar-refractivity contribution is 0.279. The van der Waals surface area contributed by atoms with E-state index in [0.717, 1.165) is 36.6 Å². The predicted octanol–water partition coefficient (Wildman–Crippen LogP) is 3.94. The lowest BCUT2D eigenvalue weighted by atomic mass is 9.87. The summed E-state index contributed by atoms with van der Waals surface area (Å²) in [6, 6.07) is 8.88. The van der Waals surface area contributed by atoms with Gasteiger partial charge in [-0.3, -0.25) is 0 Å². The Kier molecular flexibility index (Phi) is 6.34. The molecule has 0 spiro atoms. The molecule has 0 bridgehead atoms. The number of nitrogens with zero attached hydrogens (tertiary/aromatic N) is 1. The third kappa shape index (κ3) is 5.43. The molecule has 1 aliphatic rings. The Morgan fingerprint density at radius 1 is 1.25 bits per heavy atom. The Labute approximate surface area is 128 Å². The number of halogens is 1. The van der Waals surface area contributed by atoms with Crippen molar-refractivity contribution in [3.05, 3.63) is 34.9 Å². The number of hydrogen-bond acceptors (Lipinski definition) is 2. The van der Waals surface area contributed by atoms with Gasteiger partial charge in [-0.25, -0.2) is 0 Å². The summed E-state index contributed by atoms with van der Waals surface area (Å²) in [7, 11) is 2.17. The molecule has 0 heterocycles. The fourth-order valence-electron chi connectivity index (χ4n) is 2.95. The van der Waals surface area contributed by atoms with Crippen LogP contribution in [0.5, 0.6) is 0 Å². The van der Waals surface area contributed by atoms with E-state index in [1.54, 1.807) is 0 Å². The van der Waals surface area contributed by atoms with Crippen molar-refractivity contribution in [2.24, 2.45) is 5.92 Å². The molecule has 1 aromatic rings. The van der Waals surface area contributed by atoms with Gasteiger partial charge in [0.15, 0.2) is 0 Å². The van der Waals surface area contributed by atoms with E-state index in [1.165, 1.54) is 31.2 Å². The van der Waals surface area contributed by atoms with E-state index in [4.69, 9.17) is 11.6 Å². The molecule has 0 saturated heterocycles. The summed E-state index contributed by atoms with van der Waals surface area (Å²) >= 11 is 6.02. The lowest BCUT2D eigenvalue weighted by Gasteiger charge is -2.28. The van der Waals surface area contributed by atoms with Crippen LogP contribution in [-0.2, 0) is 6.54 Å². The molecule has 1 fully saturated rings. The van der Waals surface area contributed by atoms with E-state index < -0.39 is 0 Å². The van der Waals surface area contributed by atoms with Gasteiger partial charge in [-0.15, -0.1) is 0 Å². The molecule has 0 unspecified atom stereocenters. The van der Waals surface area contributed by atoms with Crippen LogP contribution in [0.1, 0.15) is 38.2 Å². The van der Waals surface area contributed by atoms with E-state index in [2.05, 4.69) is 30.3 Å². The van der Waals surface area contributed by atoms with Gasteiger partial charge in [0.2, 0.25) is 0 Å². The van der Waals surface area contributed by atoms with Gasteiger partial charge in [-0.1, -0.05) is 30.7 Å². The summed E-state index contributed by atoms with van der Waals surface area (Å²) in [5.74, 6) is 0.929. The van der Waals surface area contributed by atoms with Gasteiger partial charge in [0.1, 0.15) is 0 Å². The van der Waals surface area contributed by atoms with Crippen molar-refractivity contribution in [3.63, 3.8) is 0 Å². The molecule has 0 atom stereocenters. The van der Waals surface area contributed by atoms with Crippen LogP contribution in [0.15, 0.2) is 24.3 Å². The van der Waals surface area contributed by atoms with Gasteiger partial charge in [0.05, 0.1) is 0 Å². The first-order valence-corrected chi connectivity index (χ1v) is 8.17. The third-order valence-electron chi connectivity index (χ3n) is 4.28. The molecule has 2 nitrogen and oxygen atoms in total. The monoisotopic (exact) mass is 294 g/mol. The standard InChI is InChI=1S/C17H27ClN2/c1-14-6-8-17(9-7-14)19-10-11-20(2)13-15-4-3-5-16(18)12-15/h3-5,12,14,17,19H,6-11,13H2,1-2H3. The molecular formula is C17H27ClN2. The molecule has 3 heteroatoms. The average Bonchev–Trinajstić information content (AvgIpc) is 2.41. The van der Waals surface area contributed by atoms with Crippen LogP contribution in [0.25, 0.3) is 0 Å². The van der Waals surface area contributed by atoms with E-state index in [9.17, 15) is 0 Å². The number of rotatable bonds is 6. The number of hydrogen-bond donors (Lipinski definition) is 1. The minimum absolute atomic E-state index is 0.741. The summed E-state index contributed by atoms with van der Waals surface area (Å²) in [6.45, 7) is 5.49. The van der Waals surface area contributed by atoms with Crippen molar-refractivity contribution in [1.29, 1.82) is 0 Å². The third-order valence-corrected chi connectivity index (χ3v) is 4.52. The molecule has 2 rings (SSSR count). The molecule has 0 aromatic heterocycles. The van der Waals surface area contributed by atoms with Crippen LogP contribution in [-0.4, -0.2) is 31.1 Å². The predicted molar refractivity (Wildman–Crippen MR) is 87.2 cm³/mol. The Morgan fingerprint density at radius 3 is 2.70 bits per heavy atom. The molecule has 1 N–H and O–H groups in total. The maximum atomic E-state index is 6.02. The summed E-state index contributed by atoms with van der Waals surface area (Å²) < 4.78 is 0. The van der Waals surface area contributed by atoms with Crippen molar-refractivity contribution in [1.82, 2.24) is 10.2 Å². The number of benzene rings is 1. The molecule has 1 aromatic carbocycles. The summed E-state index contributed by atoms with van der Waals surface area (Å²) in [4.78, 5) is 2.35. The highest BCUT2D eigenvalue weighted by Crippen LogP contribution is 2.23. The zero-order chi connectivity index (χ0) is 14.4. The van der Waals surface area contributed by atoms with Crippen LogP contribution in [0, 0.1) is 5.92 Å². The number of nitrogens with one attached hydrogen (secondary N) is 1. The topological polar surface area (TPSA) is 15.3 Å². The maximum absolute atomic E-state index is 6.02. The molecule has 0 aliphatic heterocycles. The smallest absolute Gasteiger partial charge is 0.0409 e. The van der Waals surface area contributed by atoms with Crippen molar-refractivity contribution in [2.45, 2.75) is 45.2 Å². The summed E-state index contributed by atoms with van der Waals surface area (Å²) in [5, 5.41) is 4.53. The molecule has 1 saturated carbocycles. The van der Waals surface area contributed by atoms with Crippen molar-refractivity contribution >= 4 is 11.6 Å². The normalized spacial score (nSPS) is 23.2. The second kappa shape index (κ2) is 8.02. The molecule has 1 aliphatic carbocycles. The first-order valence-electron chi connectivity index (χ1n) is 7.80. The second-order valence-corrected chi connectivity index (χ2v) is 6.72. The van der Waals surface area contributed by atoms with Crippen molar-refractivity contribution in [2.75, 3.05) is 20.1 Å². The minimum Gasteiger partial charge on any atom is -0.313 e. The highest BCUT2D eigenvalue weighted by atomic mass is 35.5. The first-order chi connectivity index (χ1) is 9.63. The van der Waals surface area contributed by atoms with Gasteiger partial charge in [-0.2, -0.15) is 0 Å². The van der Waals surface area contributed by atoms with Crippen molar-refractivity contribution < 1.29 is 0 Å². The molecule has 112 valence electrons. The van der Waals surface area contributed by atoms with Crippen LogP contribution < -0.4 is 5.32 Å². The first kappa shape index (κ1) is 15.8. The minimum atomic E-state index is 0.741. The summed E-state index contributed by atoms with van der Waals surface area (Å²) in [6.07, 6.45) is 5.46. The maximum Gasteiger partial charge on any atom is 0.0409 e. The van der Waals surface area contributed by atoms with E-state index in [1.807, 2.05) is 18.2 Å². The van der Waals surface area contributed by atoms with E-state index >= 15 is 0 Å². The quantitative estimate of drug-likeness (QED) is 0.855. The average molecular weight is 295 g/mol. The van der Waals surface area contributed by atoms with E-state index in [-0.39, 0.29) is 0 Å². The number of likely N-dealkylation sites (N-methyl/N-ethyl adjacent to an activating group) is 1. The Hall–Kier alpha value is -0.570. The Bertz CT molecular complexity index is 400. The van der Waals surface area contributed by atoms with E-state index in [0.29, 0.717) is 0 Å². The SMILES string of the molecule is CC1CCC(NCCN(C)Cc2cccc(Cl)c2)CC1. The highest BCUT2D eigenvalue weighted by Gasteiger charge is 2.17. The highest BCUT2D eigenvalue weighted by molar-refractivity contribution is 6.30. The van der Waals surface area contributed by atoms with Crippen LogP contribution in [0.2, 0.25) is 5.02 Å². The molecule has 0 amide bonds. The fraction of sp³-hybridized carbons (Fsp3) is 0.647. The second-order valence-electron chi connectivity index (χ2n) is 6.28. The van der Waals surface area contributed by atoms with Crippen LogP contribution in [0.3, 0.4) is 0 Å². The molecular weight excluding hydrogens is 268 g/mol. The van der Waals surface area contributed by atoms with Crippen molar-refractivity contribution in [3.8, 4) is 0 Å². The van der Waals surface area contributed by atoms with Gasteiger partial charge >= 0.3 is 0 Å². The molecule has 0 radical (unpaired) electrons. The van der Waals surface area contributed by atoms with Gasteiger partial charge < -0.3 is 10.2 Å². The largest absolute Gasteiger partial charge is 0.313 e. The van der Waals surface area contributed by atoms with Gasteiger partial charge in [-0.05, 0) is 56.3 Å². The van der Waals surface area contributed by atoms with Crippen LogP contribution >= 0.6 is 11.6 Å². The van der Waals surface area contributed by atoms with Crippen LogP contribution in [0.4, 0.5) is 0 Å². The molecule has 20 heavy (non-hydrogen) atoms.